The first-order valence-corrected chi connectivity index (χ1v) is 5.50. The third-order valence-corrected chi connectivity index (χ3v) is 2.17. The first-order valence-electron chi connectivity index (χ1n) is 5.50. The van der Waals surface area contributed by atoms with Crippen LogP contribution in [-0.2, 0) is 9.53 Å². The zero-order valence-corrected chi connectivity index (χ0v) is 10.1. The molecule has 0 aromatic rings. The van der Waals surface area contributed by atoms with E-state index >= 15 is 0 Å². The summed E-state index contributed by atoms with van der Waals surface area (Å²) in [5, 5.41) is 0. The molecule has 7 heteroatoms. The van der Waals surface area contributed by atoms with Crippen LogP contribution in [0.15, 0.2) is 0 Å². The maximum Gasteiger partial charge on any atom is 0.406 e. The normalized spacial score (nSPS) is 13.5. The van der Waals surface area contributed by atoms with Gasteiger partial charge < -0.3 is 15.4 Å². The van der Waals surface area contributed by atoms with Gasteiger partial charge in [0.25, 0.3) is 0 Å². The Morgan fingerprint density at radius 2 is 2.00 bits per heavy atom. The lowest BCUT2D eigenvalue weighted by molar-refractivity contribution is -0.162. The van der Waals surface area contributed by atoms with Crippen molar-refractivity contribution in [1.29, 1.82) is 0 Å². The van der Waals surface area contributed by atoms with E-state index in [0.29, 0.717) is 6.61 Å². The molecule has 0 aliphatic heterocycles. The van der Waals surface area contributed by atoms with Gasteiger partial charge in [-0.1, -0.05) is 0 Å². The number of nitrogens with two attached hydrogens (primary N) is 1. The van der Waals surface area contributed by atoms with Crippen molar-refractivity contribution in [2.45, 2.75) is 32.5 Å². The minimum Gasteiger partial charge on any atom is -0.377 e. The summed E-state index contributed by atoms with van der Waals surface area (Å²) in [6, 6.07) is 0. The van der Waals surface area contributed by atoms with E-state index in [9.17, 15) is 18.0 Å². The molecule has 1 atom stereocenters. The molecule has 0 spiro atoms. The van der Waals surface area contributed by atoms with E-state index in [2.05, 4.69) is 0 Å². The van der Waals surface area contributed by atoms with E-state index in [1.807, 2.05) is 0 Å². The van der Waals surface area contributed by atoms with Crippen LogP contribution in [0.1, 0.15) is 20.3 Å². The number of hydrogen-bond acceptors (Lipinski definition) is 3. The molecule has 0 saturated heterocycles. The molecule has 0 aromatic carbocycles. The topological polar surface area (TPSA) is 55.6 Å². The van der Waals surface area contributed by atoms with Crippen LogP contribution < -0.4 is 5.73 Å². The fourth-order valence-corrected chi connectivity index (χ4v) is 1.36. The Kier molecular flexibility index (Phi) is 7.13. The number of rotatable bonds is 7. The molecule has 0 saturated carbocycles. The lowest BCUT2D eigenvalue weighted by Gasteiger charge is -2.24. The molecule has 0 rings (SSSR count). The maximum absolute atomic E-state index is 12.2. The SMILES string of the molecule is CCOC(CN)CC(=O)N(CC)CC(F)(F)F. The van der Waals surface area contributed by atoms with Gasteiger partial charge >= 0.3 is 6.18 Å². The molecule has 102 valence electrons. The summed E-state index contributed by atoms with van der Waals surface area (Å²) in [4.78, 5) is 12.3. The Balaban J connectivity index is 4.33. The highest BCUT2D eigenvalue weighted by molar-refractivity contribution is 5.76. The quantitative estimate of drug-likeness (QED) is 0.743. The molecule has 0 aliphatic rings. The number of carbonyl (C=O) groups excluding carboxylic acids is 1. The minimum atomic E-state index is -4.38. The second-order valence-corrected chi connectivity index (χ2v) is 3.54. The van der Waals surface area contributed by atoms with E-state index < -0.39 is 24.7 Å². The van der Waals surface area contributed by atoms with Gasteiger partial charge in [0.1, 0.15) is 6.54 Å². The van der Waals surface area contributed by atoms with Crippen LogP contribution >= 0.6 is 0 Å². The van der Waals surface area contributed by atoms with Gasteiger partial charge in [-0.25, -0.2) is 0 Å². The molecular weight excluding hydrogens is 237 g/mol. The highest BCUT2D eigenvalue weighted by atomic mass is 19.4. The Morgan fingerprint density at radius 3 is 2.35 bits per heavy atom. The first-order chi connectivity index (χ1) is 7.84. The molecule has 0 heterocycles. The summed E-state index contributed by atoms with van der Waals surface area (Å²) in [6.45, 7) is 2.51. The highest BCUT2D eigenvalue weighted by Crippen LogP contribution is 2.17. The van der Waals surface area contributed by atoms with E-state index in [4.69, 9.17) is 10.5 Å². The number of alkyl halides is 3. The molecule has 1 unspecified atom stereocenters. The average molecular weight is 256 g/mol. The van der Waals surface area contributed by atoms with E-state index in [1.54, 1.807) is 6.92 Å². The molecule has 1 amide bonds. The average Bonchev–Trinajstić information content (AvgIpc) is 2.23. The highest BCUT2D eigenvalue weighted by Gasteiger charge is 2.32. The first kappa shape index (κ1) is 16.2. The Bertz CT molecular complexity index is 234. The molecule has 0 fully saturated rings. The number of carbonyl (C=O) groups is 1. The van der Waals surface area contributed by atoms with Crippen LogP contribution in [0, 0.1) is 0 Å². The van der Waals surface area contributed by atoms with Gasteiger partial charge in [-0.3, -0.25) is 4.79 Å². The largest absolute Gasteiger partial charge is 0.406 e. The van der Waals surface area contributed by atoms with E-state index in [0.717, 1.165) is 4.90 Å². The van der Waals surface area contributed by atoms with Crippen LogP contribution in [0.2, 0.25) is 0 Å². The lowest BCUT2D eigenvalue weighted by Crippen LogP contribution is -2.41. The van der Waals surface area contributed by atoms with Crippen LogP contribution in [0.25, 0.3) is 0 Å². The zero-order valence-electron chi connectivity index (χ0n) is 10.1. The standard InChI is InChI=1S/C10H19F3N2O2/c1-3-15(7-10(11,12)13)9(16)5-8(6-14)17-4-2/h8H,3-7,14H2,1-2H3. The van der Waals surface area contributed by atoms with Crippen molar-refractivity contribution in [3.63, 3.8) is 0 Å². The van der Waals surface area contributed by atoms with Crippen molar-refractivity contribution in [2.75, 3.05) is 26.2 Å². The minimum absolute atomic E-state index is 0.0156. The summed E-state index contributed by atoms with van der Waals surface area (Å²) in [5.41, 5.74) is 5.36. The Hall–Kier alpha value is -0.820. The predicted molar refractivity (Wildman–Crippen MR) is 57.4 cm³/mol. The summed E-state index contributed by atoms with van der Waals surface area (Å²) in [6.07, 6.45) is -5.01. The second kappa shape index (κ2) is 7.50. The number of hydrogen-bond donors (Lipinski definition) is 1. The van der Waals surface area contributed by atoms with Gasteiger partial charge in [-0.15, -0.1) is 0 Å². The van der Waals surface area contributed by atoms with Crippen LogP contribution in [0.4, 0.5) is 13.2 Å². The van der Waals surface area contributed by atoms with Crippen molar-refractivity contribution in [1.82, 2.24) is 4.90 Å². The summed E-state index contributed by atoms with van der Waals surface area (Å²) < 4.78 is 41.6. The third-order valence-electron chi connectivity index (χ3n) is 2.17. The fraction of sp³-hybridized carbons (Fsp3) is 0.900. The number of halogens is 3. The summed E-state index contributed by atoms with van der Waals surface area (Å²) in [7, 11) is 0. The maximum atomic E-state index is 12.2. The van der Waals surface area contributed by atoms with Gasteiger partial charge in [0.15, 0.2) is 0 Å². The molecule has 0 aromatic heterocycles. The molecular formula is C10H19F3N2O2. The molecule has 0 aliphatic carbocycles. The fourth-order valence-electron chi connectivity index (χ4n) is 1.36. The number of amides is 1. The van der Waals surface area contributed by atoms with Gasteiger partial charge in [0.2, 0.25) is 5.91 Å². The number of nitrogens with zero attached hydrogens (tertiary/aromatic N) is 1. The summed E-state index contributed by atoms with van der Waals surface area (Å²) in [5.74, 6) is -0.589. The monoisotopic (exact) mass is 256 g/mol. The molecule has 17 heavy (non-hydrogen) atoms. The Labute approximate surface area is 98.9 Å². The molecule has 4 nitrogen and oxygen atoms in total. The molecule has 0 bridgehead atoms. The van der Waals surface area contributed by atoms with Crippen molar-refractivity contribution in [3.8, 4) is 0 Å². The van der Waals surface area contributed by atoms with Gasteiger partial charge in [0, 0.05) is 19.7 Å². The van der Waals surface area contributed by atoms with Crippen LogP contribution in [0.5, 0.6) is 0 Å². The van der Waals surface area contributed by atoms with Crippen molar-refractivity contribution < 1.29 is 22.7 Å². The lowest BCUT2D eigenvalue weighted by atomic mass is 10.2. The second-order valence-electron chi connectivity index (χ2n) is 3.54. The Morgan fingerprint density at radius 1 is 1.41 bits per heavy atom. The van der Waals surface area contributed by atoms with E-state index in [1.165, 1.54) is 6.92 Å². The smallest absolute Gasteiger partial charge is 0.377 e. The number of ether oxygens (including phenoxy) is 1. The molecule has 2 N–H and O–H groups in total. The zero-order chi connectivity index (χ0) is 13.5. The summed E-state index contributed by atoms with van der Waals surface area (Å²) >= 11 is 0. The van der Waals surface area contributed by atoms with Gasteiger partial charge in [-0.05, 0) is 13.8 Å². The van der Waals surface area contributed by atoms with E-state index in [-0.39, 0.29) is 19.5 Å². The third kappa shape index (κ3) is 7.17. The van der Waals surface area contributed by atoms with Gasteiger partial charge in [0.05, 0.1) is 12.5 Å². The van der Waals surface area contributed by atoms with Crippen molar-refractivity contribution >= 4 is 5.91 Å². The van der Waals surface area contributed by atoms with Crippen molar-refractivity contribution in [3.05, 3.63) is 0 Å². The predicted octanol–water partition coefficient (Wildman–Crippen LogP) is 1.15. The van der Waals surface area contributed by atoms with Crippen molar-refractivity contribution in [2.24, 2.45) is 5.73 Å². The van der Waals surface area contributed by atoms with Crippen LogP contribution in [-0.4, -0.2) is 49.3 Å². The van der Waals surface area contributed by atoms with Crippen LogP contribution in [0.3, 0.4) is 0 Å². The molecule has 0 radical (unpaired) electrons. The van der Waals surface area contributed by atoms with Gasteiger partial charge in [-0.2, -0.15) is 13.2 Å².